The molecule has 0 aliphatic rings. The average molecular weight is 369 g/mol. The molecule has 0 unspecified atom stereocenters. The van der Waals surface area contributed by atoms with E-state index in [1.165, 1.54) is 4.68 Å². The molecule has 132 valence electrons. The van der Waals surface area contributed by atoms with Crippen LogP contribution in [0.1, 0.15) is 38.9 Å². The molecule has 3 rings (SSSR count). The van der Waals surface area contributed by atoms with Crippen molar-refractivity contribution in [1.82, 2.24) is 9.78 Å². The standard InChI is InChI=1S/C20H17ClN2O3/c1-3-26-20(25)18-17(19(24)14-6-8-15(21)9-7-14)12-23(22-18)16-10-4-13(2)5-11-16/h4-12H,3H2,1-2H3. The van der Waals surface area contributed by atoms with Gasteiger partial charge in [-0.1, -0.05) is 29.3 Å². The molecular formula is C20H17ClN2O3. The molecule has 0 amide bonds. The smallest absolute Gasteiger partial charge is 0.359 e. The molecule has 3 aromatic rings. The Morgan fingerprint density at radius 3 is 2.35 bits per heavy atom. The number of halogens is 1. The SMILES string of the molecule is CCOC(=O)c1nn(-c2ccc(C)cc2)cc1C(=O)c1ccc(Cl)cc1. The van der Waals surface area contributed by atoms with Gasteiger partial charge in [-0.15, -0.1) is 0 Å². The van der Waals surface area contributed by atoms with E-state index in [-0.39, 0.29) is 23.6 Å². The predicted octanol–water partition coefficient (Wildman–Crippen LogP) is 4.24. The zero-order chi connectivity index (χ0) is 18.7. The number of nitrogens with zero attached hydrogens (tertiary/aromatic N) is 2. The lowest BCUT2D eigenvalue weighted by Crippen LogP contribution is -2.12. The Hall–Kier alpha value is -2.92. The summed E-state index contributed by atoms with van der Waals surface area (Å²) >= 11 is 5.88. The fourth-order valence-corrected chi connectivity index (χ4v) is 2.60. The van der Waals surface area contributed by atoms with Crippen LogP contribution in [0.3, 0.4) is 0 Å². The second kappa shape index (κ2) is 7.54. The fourth-order valence-electron chi connectivity index (χ4n) is 2.48. The van der Waals surface area contributed by atoms with Crippen LogP contribution in [0.15, 0.2) is 54.7 Å². The third-order valence-corrected chi connectivity index (χ3v) is 4.08. The molecule has 0 fully saturated rings. The topological polar surface area (TPSA) is 61.2 Å². The van der Waals surface area contributed by atoms with Crippen molar-refractivity contribution in [1.29, 1.82) is 0 Å². The maximum atomic E-state index is 12.9. The molecule has 1 heterocycles. The molecule has 0 saturated carbocycles. The summed E-state index contributed by atoms with van der Waals surface area (Å²) in [6.45, 7) is 3.88. The van der Waals surface area contributed by atoms with Crippen LogP contribution in [-0.2, 0) is 4.74 Å². The molecule has 0 saturated heterocycles. The Morgan fingerprint density at radius 2 is 1.73 bits per heavy atom. The molecule has 26 heavy (non-hydrogen) atoms. The number of hydrogen-bond acceptors (Lipinski definition) is 4. The zero-order valence-corrected chi connectivity index (χ0v) is 15.2. The van der Waals surface area contributed by atoms with Gasteiger partial charge in [-0.2, -0.15) is 5.10 Å². The van der Waals surface area contributed by atoms with Crippen LogP contribution in [0.4, 0.5) is 0 Å². The number of ketones is 1. The molecular weight excluding hydrogens is 352 g/mol. The predicted molar refractivity (Wildman–Crippen MR) is 99.1 cm³/mol. The first-order chi connectivity index (χ1) is 12.5. The fraction of sp³-hybridized carbons (Fsp3) is 0.150. The van der Waals surface area contributed by atoms with E-state index in [9.17, 15) is 9.59 Å². The van der Waals surface area contributed by atoms with E-state index in [2.05, 4.69) is 5.10 Å². The number of ether oxygens (including phenoxy) is 1. The van der Waals surface area contributed by atoms with Crippen molar-refractivity contribution in [2.45, 2.75) is 13.8 Å². The van der Waals surface area contributed by atoms with Crippen LogP contribution in [0.5, 0.6) is 0 Å². The summed E-state index contributed by atoms with van der Waals surface area (Å²) in [4.78, 5) is 25.2. The van der Waals surface area contributed by atoms with Gasteiger partial charge in [0.15, 0.2) is 11.5 Å². The summed E-state index contributed by atoms with van der Waals surface area (Å²) in [6, 6.07) is 14.1. The molecule has 0 radical (unpaired) electrons. The second-order valence-electron chi connectivity index (χ2n) is 5.73. The Labute approximate surface area is 156 Å². The van der Waals surface area contributed by atoms with E-state index in [4.69, 9.17) is 16.3 Å². The molecule has 0 aliphatic carbocycles. The average Bonchev–Trinajstić information content (AvgIpc) is 3.08. The first-order valence-corrected chi connectivity index (χ1v) is 8.51. The van der Waals surface area contributed by atoms with E-state index >= 15 is 0 Å². The van der Waals surface area contributed by atoms with Gasteiger partial charge < -0.3 is 4.74 Å². The van der Waals surface area contributed by atoms with Crippen LogP contribution >= 0.6 is 11.6 Å². The number of aromatic nitrogens is 2. The van der Waals surface area contributed by atoms with Crippen LogP contribution in [-0.4, -0.2) is 28.1 Å². The Bertz CT molecular complexity index is 944. The molecule has 0 aliphatic heterocycles. The van der Waals surface area contributed by atoms with Crippen molar-refractivity contribution in [3.63, 3.8) is 0 Å². The van der Waals surface area contributed by atoms with E-state index in [0.717, 1.165) is 11.3 Å². The summed E-state index contributed by atoms with van der Waals surface area (Å²) in [5, 5.41) is 4.82. The quantitative estimate of drug-likeness (QED) is 0.499. The highest BCUT2D eigenvalue weighted by atomic mass is 35.5. The van der Waals surface area contributed by atoms with Crippen molar-refractivity contribution in [2.24, 2.45) is 0 Å². The van der Waals surface area contributed by atoms with E-state index in [1.807, 2.05) is 31.2 Å². The second-order valence-corrected chi connectivity index (χ2v) is 6.16. The van der Waals surface area contributed by atoms with Crippen molar-refractivity contribution in [3.05, 3.63) is 82.1 Å². The summed E-state index contributed by atoms with van der Waals surface area (Å²) in [7, 11) is 0. The minimum Gasteiger partial charge on any atom is -0.461 e. The van der Waals surface area contributed by atoms with Gasteiger partial charge in [0.25, 0.3) is 0 Å². The van der Waals surface area contributed by atoms with Crippen LogP contribution < -0.4 is 0 Å². The van der Waals surface area contributed by atoms with Crippen molar-refractivity contribution in [3.8, 4) is 5.69 Å². The minimum atomic E-state index is -0.629. The van der Waals surface area contributed by atoms with Crippen molar-refractivity contribution >= 4 is 23.4 Å². The first kappa shape index (κ1) is 17.9. The van der Waals surface area contributed by atoms with Gasteiger partial charge in [0.05, 0.1) is 17.9 Å². The van der Waals surface area contributed by atoms with Gasteiger partial charge in [0.1, 0.15) is 0 Å². The molecule has 6 heteroatoms. The molecule has 1 aromatic heterocycles. The van der Waals surface area contributed by atoms with E-state index in [1.54, 1.807) is 37.4 Å². The largest absolute Gasteiger partial charge is 0.461 e. The Morgan fingerprint density at radius 1 is 1.08 bits per heavy atom. The highest BCUT2D eigenvalue weighted by Gasteiger charge is 2.24. The lowest BCUT2D eigenvalue weighted by Gasteiger charge is -2.02. The number of aryl methyl sites for hydroxylation is 1. The zero-order valence-electron chi connectivity index (χ0n) is 14.4. The maximum absolute atomic E-state index is 12.9. The number of carbonyl (C=O) groups is 2. The lowest BCUT2D eigenvalue weighted by atomic mass is 10.0. The van der Waals surface area contributed by atoms with Crippen molar-refractivity contribution < 1.29 is 14.3 Å². The maximum Gasteiger partial charge on any atom is 0.359 e. The van der Waals surface area contributed by atoms with Gasteiger partial charge in [-0.05, 0) is 50.2 Å². The van der Waals surface area contributed by atoms with Crippen molar-refractivity contribution in [2.75, 3.05) is 6.61 Å². The van der Waals surface area contributed by atoms with Crippen LogP contribution in [0, 0.1) is 6.92 Å². The van der Waals surface area contributed by atoms with Gasteiger partial charge >= 0.3 is 5.97 Å². The summed E-state index contributed by atoms with van der Waals surface area (Å²) in [6.07, 6.45) is 1.55. The summed E-state index contributed by atoms with van der Waals surface area (Å²) in [5.41, 5.74) is 2.45. The van der Waals surface area contributed by atoms with Gasteiger partial charge in [0.2, 0.25) is 0 Å². The number of hydrogen-bond donors (Lipinski definition) is 0. The number of esters is 1. The van der Waals surface area contributed by atoms with Crippen LogP contribution in [0.25, 0.3) is 5.69 Å². The highest BCUT2D eigenvalue weighted by Crippen LogP contribution is 2.19. The number of rotatable bonds is 5. The Balaban J connectivity index is 2.06. The number of benzene rings is 2. The molecule has 0 atom stereocenters. The number of carbonyl (C=O) groups excluding carboxylic acids is 2. The molecule has 0 bridgehead atoms. The molecule has 0 N–H and O–H groups in total. The minimum absolute atomic E-state index is 0.00706. The van der Waals surface area contributed by atoms with Gasteiger partial charge in [-0.25, -0.2) is 9.48 Å². The molecule has 2 aromatic carbocycles. The highest BCUT2D eigenvalue weighted by molar-refractivity contribution is 6.30. The van der Waals surface area contributed by atoms with E-state index < -0.39 is 5.97 Å². The third-order valence-electron chi connectivity index (χ3n) is 3.83. The molecule has 0 spiro atoms. The summed E-state index contributed by atoms with van der Waals surface area (Å²) < 4.78 is 6.56. The monoisotopic (exact) mass is 368 g/mol. The van der Waals surface area contributed by atoms with E-state index in [0.29, 0.717) is 10.6 Å². The normalized spacial score (nSPS) is 10.6. The summed E-state index contributed by atoms with van der Waals surface area (Å²) in [5.74, 6) is -0.946. The Kier molecular flexibility index (Phi) is 5.19. The van der Waals surface area contributed by atoms with Crippen LogP contribution in [0.2, 0.25) is 5.02 Å². The molecule has 5 nitrogen and oxygen atoms in total. The van der Waals surface area contributed by atoms with Gasteiger partial charge in [-0.3, -0.25) is 4.79 Å². The van der Waals surface area contributed by atoms with Gasteiger partial charge in [0, 0.05) is 16.8 Å². The first-order valence-electron chi connectivity index (χ1n) is 8.13. The third kappa shape index (κ3) is 3.68. The lowest BCUT2D eigenvalue weighted by molar-refractivity contribution is 0.0516.